The summed E-state index contributed by atoms with van der Waals surface area (Å²) in [5, 5.41) is 7.68. The second-order valence-electron chi connectivity index (χ2n) is 3.91. The Labute approximate surface area is 95.1 Å². The van der Waals surface area contributed by atoms with Crippen molar-refractivity contribution in [3.8, 4) is 0 Å². The molecule has 0 aromatic carbocycles. The zero-order chi connectivity index (χ0) is 11.5. The Morgan fingerprint density at radius 1 is 1.38 bits per heavy atom. The van der Waals surface area contributed by atoms with E-state index in [2.05, 4.69) is 15.4 Å². The lowest BCUT2D eigenvalue weighted by atomic mass is 10.1. The summed E-state index contributed by atoms with van der Waals surface area (Å²) in [6, 6.07) is 2.24. The standard InChI is InChI=1S/C11H17N5/c1-12-10(9-4-6-16(3)14-9)8-11-13-5-7-15(11)2/h4-7,10,12H,8H2,1-3H3. The highest BCUT2D eigenvalue weighted by Gasteiger charge is 2.14. The lowest BCUT2D eigenvalue weighted by molar-refractivity contribution is 0.540. The largest absolute Gasteiger partial charge is 0.338 e. The third-order valence-corrected chi connectivity index (χ3v) is 2.75. The van der Waals surface area contributed by atoms with E-state index in [1.54, 1.807) is 0 Å². The van der Waals surface area contributed by atoms with Gasteiger partial charge in [0.2, 0.25) is 0 Å². The van der Waals surface area contributed by atoms with Gasteiger partial charge in [0.25, 0.3) is 0 Å². The smallest absolute Gasteiger partial charge is 0.110 e. The lowest BCUT2D eigenvalue weighted by Gasteiger charge is -2.13. The number of nitrogens with one attached hydrogen (secondary N) is 1. The van der Waals surface area contributed by atoms with E-state index in [-0.39, 0.29) is 6.04 Å². The quantitative estimate of drug-likeness (QED) is 0.821. The van der Waals surface area contributed by atoms with Gasteiger partial charge in [-0.2, -0.15) is 5.10 Å². The van der Waals surface area contributed by atoms with Gasteiger partial charge in [-0.1, -0.05) is 0 Å². The van der Waals surface area contributed by atoms with Crippen molar-refractivity contribution in [3.05, 3.63) is 36.2 Å². The van der Waals surface area contributed by atoms with Crippen LogP contribution in [-0.4, -0.2) is 26.4 Å². The number of rotatable bonds is 4. The predicted molar refractivity (Wildman–Crippen MR) is 61.9 cm³/mol. The highest BCUT2D eigenvalue weighted by Crippen LogP contribution is 2.14. The first-order valence-electron chi connectivity index (χ1n) is 5.33. The molecule has 2 rings (SSSR count). The van der Waals surface area contributed by atoms with Crippen LogP contribution in [0.5, 0.6) is 0 Å². The number of hydrogen-bond donors (Lipinski definition) is 1. The monoisotopic (exact) mass is 219 g/mol. The first-order chi connectivity index (χ1) is 7.70. The minimum Gasteiger partial charge on any atom is -0.338 e. The summed E-state index contributed by atoms with van der Waals surface area (Å²) in [7, 11) is 5.88. The molecule has 2 aromatic heterocycles. The van der Waals surface area contributed by atoms with E-state index in [0.29, 0.717) is 0 Å². The Balaban J connectivity index is 2.15. The fourth-order valence-electron chi connectivity index (χ4n) is 1.75. The van der Waals surface area contributed by atoms with Crippen LogP contribution in [0.3, 0.4) is 0 Å². The van der Waals surface area contributed by atoms with Gasteiger partial charge < -0.3 is 9.88 Å². The molecule has 1 unspecified atom stereocenters. The number of nitrogens with zero attached hydrogens (tertiary/aromatic N) is 4. The van der Waals surface area contributed by atoms with Crippen LogP contribution < -0.4 is 5.32 Å². The van der Waals surface area contributed by atoms with E-state index >= 15 is 0 Å². The molecule has 5 nitrogen and oxygen atoms in total. The minimum absolute atomic E-state index is 0.210. The lowest BCUT2D eigenvalue weighted by Crippen LogP contribution is -2.21. The minimum atomic E-state index is 0.210. The number of likely N-dealkylation sites (N-methyl/N-ethyl adjacent to an activating group) is 1. The van der Waals surface area contributed by atoms with Gasteiger partial charge in [-0.3, -0.25) is 4.68 Å². The number of aromatic nitrogens is 4. The molecule has 0 fully saturated rings. The topological polar surface area (TPSA) is 47.7 Å². The third-order valence-electron chi connectivity index (χ3n) is 2.75. The molecule has 86 valence electrons. The average Bonchev–Trinajstić information content (AvgIpc) is 2.85. The number of imidazole rings is 1. The molecule has 2 aromatic rings. The molecule has 0 amide bonds. The van der Waals surface area contributed by atoms with Crippen molar-refractivity contribution >= 4 is 0 Å². The van der Waals surface area contributed by atoms with Crippen molar-refractivity contribution in [3.63, 3.8) is 0 Å². The third kappa shape index (κ3) is 2.14. The second kappa shape index (κ2) is 4.49. The van der Waals surface area contributed by atoms with Gasteiger partial charge in [0, 0.05) is 39.1 Å². The van der Waals surface area contributed by atoms with Crippen LogP contribution in [0.15, 0.2) is 24.7 Å². The van der Waals surface area contributed by atoms with E-state index in [9.17, 15) is 0 Å². The summed E-state index contributed by atoms with van der Waals surface area (Å²) < 4.78 is 3.85. The molecular weight excluding hydrogens is 202 g/mol. The summed E-state index contributed by atoms with van der Waals surface area (Å²) in [6.45, 7) is 0. The van der Waals surface area contributed by atoms with Crippen LogP contribution in [0.1, 0.15) is 17.6 Å². The second-order valence-corrected chi connectivity index (χ2v) is 3.91. The Kier molecular flexibility index (Phi) is 3.05. The fraction of sp³-hybridized carbons (Fsp3) is 0.455. The van der Waals surface area contributed by atoms with E-state index in [1.165, 1.54) is 0 Å². The molecule has 0 bridgehead atoms. The fourth-order valence-corrected chi connectivity index (χ4v) is 1.75. The van der Waals surface area contributed by atoms with E-state index in [4.69, 9.17) is 0 Å². The van der Waals surface area contributed by atoms with Crippen LogP contribution in [-0.2, 0) is 20.5 Å². The summed E-state index contributed by atoms with van der Waals surface area (Å²) in [5.41, 5.74) is 1.05. The molecule has 5 heteroatoms. The Bertz CT molecular complexity index is 456. The van der Waals surface area contributed by atoms with Crippen molar-refractivity contribution in [1.82, 2.24) is 24.6 Å². The van der Waals surface area contributed by atoms with Gasteiger partial charge in [0.1, 0.15) is 5.82 Å². The van der Waals surface area contributed by atoms with Gasteiger partial charge in [0.05, 0.1) is 11.7 Å². The van der Waals surface area contributed by atoms with Crippen molar-refractivity contribution in [2.45, 2.75) is 12.5 Å². The van der Waals surface area contributed by atoms with E-state index in [1.807, 2.05) is 55.0 Å². The highest BCUT2D eigenvalue weighted by molar-refractivity contribution is 5.08. The first-order valence-corrected chi connectivity index (χ1v) is 5.33. The van der Waals surface area contributed by atoms with Gasteiger partial charge in [-0.15, -0.1) is 0 Å². The summed E-state index contributed by atoms with van der Waals surface area (Å²) >= 11 is 0. The summed E-state index contributed by atoms with van der Waals surface area (Å²) in [4.78, 5) is 4.32. The highest BCUT2D eigenvalue weighted by atomic mass is 15.3. The van der Waals surface area contributed by atoms with Crippen molar-refractivity contribution < 1.29 is 0 Å². The molecule has 0 radical (unpaired) electrons. The molecule has 0 aliphatic heterocycles. The molecular formula is C11H17N5. The van der Waals surface area contributed by atoms with Crippen molar-refractivity contribution in [2.24, 2.45) is 14.1 Å². The van der Waals surface area contributed by atoms with Gasteiger partial charge in [0.15, 0.2) is 0 Å². The Hall–Kier alpha value is -1.62. The van der Waals surface area contributed by atoms with E-state index in [0.717, 1.165) is 17.9 Å². The Morgan fingerprint density at radius 2 is 2.19 bits per heavy atom. The van der Waals surface area contributed by atoms with Crippen LogP contribution in [0.2, 0.25) is 0 Å². The summed E-state index contributed by atoms with van der Waals surface area (Å²) in [5.74, 6) is 1.06. The molecule has 16 heavy (non-hydrogen) atoms. The van der Waals surface area contributed by atoms with Crippen LogP contribution in [0.25, 0.3) is 0 Å². The Morgan fingerprint density at radius 3 is 2.69 bits per heavy atom. The maximum Gasteiger partial charge on any atom is 0.110 e. The number of hydrogen-bond acceptors (Lipinski definition) is 3. The molecule has 0 saturated carbocycles. The maximum absolute atomic E-state index is 4.41. The van der Waals surface area contributed by atoms with Crippen molar-refractivity contribution in [1.29, 1.82) is 0 Å². The van der Waals surface area contributed by atoms with Crippen molar-refractivity contribution in [2.75, 3.05) is 7.05 Å². The van der Waals surface area contributed by atoms with Crippen LogP contribution in [0.4, 0.5) is 0 Å². The molecule has 0 aliphatic carbocycles. The van der Waals surface area contributed by atoms with Gasteiger partial charge in [-0.25, -0.2) is 4.98 Å². The number of aryl methyl sites for hydroxylation is 2. The predicted octanol–water partition coefficient (Wildman–Crippen LogP) is 0.657. The molecule has 1 atom stereocenters. The maximum atomic E-state index is 4.41. The van der Waals surface area contributed by atoms with Gasteiger partial charge in [-0.05, 0) is 13.1 Å². The van der Waals surface area contributed by atoms with E-state index < -0.39 is 0 Å². The molecule has 0 saturated heterocycles. The zero-order valence-electron chi connectivity index (χ0n) is 9.88. The summed E-state index contributed by atoms with van der Waals surface area (Å²) in [6.07, 6.45) is 6.58. The van der Waals surface area contributed by atoms with Crippen LogP contribution >= 0.6 is 0 Å². The molecule has 1 N–H and O–H groups in total. The molecule has 2 heterocycles. The first kappa shape index (κ1) is 10.9. The average molecular weight is 219 g/mol. The SMILES string of the molecule is CNC(Cc1nccn1C)c1ccn(C)n1. The molecule has 0 aliphatic rings. The van der Waals surface area contributed by atoms with Gasteiger partial charge >= 0.3 is 0 Å². The van der Waals surface area contributed by atoms with Crippen LogP contribution in [0, 0.1) is 0 Å². The zero-order valence-corrected chi connectivity index (χ0v) is 9.88. The normalized spacial score (nSPS) is 12.9. The molecule has 0 spiro atoms.